The SMILES string of the molecule is Cc1c(I)sc2c(-c3cc(C(C)(C)C)c4ccccc4c3)nccc12. The first-order valence-electron chi connectivity index (χ1n) is 8.43. The summed E-state index contributed by atoms with van der Waals surface area (Å²) in [6, 6.07) is 15.4. The highest BCUT2D eigenvalue weighted by molar-refractivity contribution is 14.1. The Morgan fingerprint density at radius 2 is 1.76 bits per heavy atom. The van der Waals surface area contributed by atoms with Gasteiger partial charge >= 0.3 is 0 Å². The monoisotopic (exact) mass is 457 g/mol. The lowest BCUT2D eigenvalue weighted by molar-refractivity contribution is 0.596. The fourth-order valence-corrected chi connectivity index (χ4v) is 5.38. The Labute approximate surface area is 166 Å². The number of thiophene rings is 1. The number of hydrogen-bond donors (Lipinski definition) is 0. The fraction of sp³-hybridized carbons (Fsp3) is 0.227. The summed E-state index contributed by atoms with van der Waals surface area (Å²) < 4.78 is 2.64. The number of aromatic nitrogens is 1. The van der Waals surface area contributed by atoms with Crippen LogP contribution in [0.15, 0.2) is 48.7 Å². The average molecular weight is 457 g/mol. The van der Waals surface area contributed by atoms with E-state index in [0.29, 0.717) is 0 Å². The Bertz CT molecular complexity index is 1100. The first-order valence-corrected chi connectivity index (χ1v) is 10.3. The van der Waals surface area contributed by atoms with Crippen LogP contribution < -0.4 is 0 Å². The Kier molecular flexibility index (Phi) is 4.12. The molecule has 2 heterocycles. The number of fused-ring (bicyclic) bond motifs is 2. The Hall–Kier alpha value is -1.46. The molecule has 0 saturated heterocycles. The maximum Gasteiger partial charge on any atom is 0.0880 e. The second-order valence-corrected chi connectivity index (χ2v) is 10.4. The highest BCUT2D eigenvalue weighted by Crippen LogP contribution is 2.40. The van der Waals surface area contributed by atoms with Crippen molar-refractivity contribution in [2.24, 2.45) is 0 Å². The largest absolute Gasteiger partial charge is 0.255 e. The maximum atomic E-state index is 4.77. The Morgan fingerprint density at radius 1 is 1.00 bits per heavy atom. The van der Waals surface area contributed by atoms with Crippen LogP contribution in [0.2, 0.25) is 0 Å². The molecule has 1 nitrogen and oxygen atoms in total. The molecule has 0 aliphatic rings. The van der Waals surface area contributed by atoms with Gasteiger partial charge in [-0.25, -0.2) is 0 Å². The van der Waals surface area contributed by atoms with Gasteiger partial charge in [-0.05, 0) is 75.0 Å². The summed E-state index contributed by atoms with van der Waals surface area (Å²) in [5.74, 6) is 0. The van der Waals surface area contributed by atoms with Gasteiger partial charge in [0.1, 0.15) is 0 Å². The average Bonchev–Trinajstić information content (AvgIpc) is 2.88. The molecule has 3 heteroatoms. The van der Waals surface area contributed by atoms with Gasteiger partial charge < -0.3 is 0 Å². The number of rotatable bonds is 1. The molecule has 4 aromatic rings. The normalized spacial score (nSPS) is 12.2. The summed E-state index contributed by atoms with van der Waals surface area (Å²) in [6.45, 7) is 9.05. The molecule has 0 unspecified atom stereocenters. The van der Waals surface area contributed by atoms with Crippen molar-refractivity contribution in [3.05, 3.63) is 62.7 Å². The van der Waals surface area contributed by atoms with Crippen LogP contribution in [0, 0.1) is 9.81 Å². The van der Waals surface area contributed by atoms with Gasteiger partial charge in [0.25, 0.3) is 0 Å². The van der Waals surface area contributed by atoms with E-state index in [2.05, 4.69) is 92.8 Å². The molecular formula is C22H20INS. The van der Waals surface area contributed by atoms with Gasteiger partial charge in [0, 0.05) is 17.1 Å². The summed E-state index contributed by atoms with van der Waals surface area (Å²) >= 11 is 4.28. The van der Waals surface area contributed by atoms with E-state index in [1.807, 2.05) is 17.5 Å². The van der Waals surface area contributed by atoms with Crippen molar-refractivity contribution in [1.82, 2.24) is 4.98 Å². The molecule has 0 atom stereocenters. The third-order valence-corrected chi connectivity index (χ3v) is 7.31. The van der Waals surface area contributed by atoms with E-state index in [9.17, 15) is 0 Å². The first-order chi connectivity index (χ1) is 11.9. The quantitative estimate of drug-likeness (QED) is 0.273. The molecule has 0 radical (unpaired) electrons. The summed E-state index contributed by atoms with van der Waals surface area (Å²) in [7, 11) is 0. The standard InChI is InChI=1S/C22H20INS/c1-13-16-9-10-24-19(20(16)25-21(13)23)15-11-14-7-5-6-8-17(14)18(12-15)22(2,3)4/h5-12H,1-4H3. The molecule has 25 heavy (non-hydrogen) atoms. The van der Waals surface area contributed by atoms with E-state index >= 15 is 0 Å². The molecule has 2 aromatic heterocycles. The molecule has 0 spiro atoms. The highest BCUT2D eigenvalue weighted by atomic mass is 127. The predicted molar refractivity (Wildman–Crippen MR) is 119 cm³/mol. The summed E-state index contributed by atoms with van der Waals surface area (Å²) in [4.78, 5) is 4.77. The minimum Gasteiger partial charge on any atom is -0.255 e. The molecule has 4 rings (SSSR count). The lowest BCUT2D eigenvalue weighted by atomic mass is 9.82. The molecular weight excluding hydrogens is 437 g/mol. The molecule has 0 saturated carbocycles. The number of benzene rings is 2. The zero-order valence-electron chi connectivity index (χ0n) is 14.9. The second kappa shape index (κ2) is 6.06. The fourth-order valence-electron chi connectivity index (χ4n) is 3.39. The summed E-state index contributed by atoms with van der Waals surface area (Å²) in [6.07, 6.45) is 1.94. The molecule has 0 amide bonds. The van der Waals surface area contributed by atoms with Crippen LogP contribution in [0.3, 0.4) is 0 Å². The van der Waals surface area contributed by atoms with E-state index in [1.165, 1.54) is 40.4 Å². The second-order valence-electron chi connectivity index (χ2n) is 7.53. The van der Waals surface area contributed by atoms with E-state index < -0.39 is 0 Å². The van der Waals surface area contributed by atoms with Gasteiger partial charge in [0.05, 0.1) is 13.3 Å². The number of hydrogen-bond acceptors (Lipinski definition) is 2. The van der Waals surface area contributed by atoms with Crippen molar-refractivity contribution in [3.63, 3.8) is 0 Å². The van der Waals surface area contributed by atoms with Crippen molar-refractivity contribution in [3.8, 4) is 11.3 Å². The zero-order chi connectivity index (χ0) is 17.8. The molecule has 126 valence electrons. The Morgan fingerprint density at radius 3 is 2.52 bits per heavy atom. The van der Waals surface area contributed by atoms with Gasteiger partial charge in [-0.1, -0.05) is 45.0 Å². The molecule has 0 N–H and O–H groups in total. The van der Waals surface area contributed by atoms with Crippen molar-refractivity contribution in [1.29, 1.82) is 0 Å². The number of nitrogens with zero attached hydrogens (tertiary/aromatic N) is 1. The molecule has 2 aromatic carbocycles. The van der Waals surface area contributed by atoms with Gasteiger partial charge in [0.15, 0.2) is 0 Å². The van der Waals surface area contributed by atoms with Gasteiger partial charge in [-0.2, -0.15) is 0 Å². The van der Waals surface area contributed by atoms with E-state index in [-0.39, 0.29) is 5.41 Å². The smallest absolute Gasteiger partial charge is 0.0880 e. The van der Waals surface area contributed by atoms with E-state index in [1.54, 1.807) is 0 Å². The van der Waals surface area contributed by atoms with Crippen LogP contribution in [0.5, 0.6) is 0 Å². The highest BCUT2D eigenvalue weighted by Gasteiger charge is 2.20. The summed E-state index contributed by atoms with van der Waals surface area (Å²) in [5, 5.41) is 3.94. The van der Waals surface area contributed by atoms with Crippen molar-refractivity contribution < 1.29 is 0 Å². The lowest BCUT2D eigenvalue weighted by Crippen LogP contribution is -2.12. The number of aryl methyl sites for hydroxylation is 1. The maximum absolute atomic E-state index is 4.77. The molecule has 0 aliphatic heterocycles. The van der Waals surface area contributed by atoms with Gasteiger partial charge in [-0.15, -0.1) is 11.3 Å². The first kappa shape index (κ1) is 17.0. The summed E-state index contributed by atoms with van der Waals surface area (Å²) in [5.41, 5.74) is 5.14. The number of pyridine rings is 1. The van der Waals surface area contributed by atoms with Crippen LogP contribution in [0.25, 0.3) is 32.1 Å². The van der Waals surface area contributed by atoms with Crippen molar-refractivity contribution >= 4 is 54.8 Å². The van der Waals surface area contributed by atoms with Gasteiger partial charge in [0.2, 0.25) is 0 Å². The van der Waals surface area contributed by atoms with Crippen LogP contribution in [0.4, 0.5) is 0 Å². The van der Waals surface area contributed by atoms with Crippen LogP contribution in [-0.2, 0) is 5.41 Å². The molecule has 0 fully saturated rings. The van der Waals surface area contributed by atoms with Crippen molar-refractivity contribution in [2.45, 2.75) is 33.1 Å². The van der Waals surface area contributed by atoms with Crippen LogP contribution in [0.1, 0.15) is 31.9 Å². The molecule has 0 aliphatic carbocycles. The number of halogens is 1. The zero-order valence-corrected chi connectivity index (χ0v) is 17.8. The Balaban J connectivity index is 2.07. The van der Waals surface area contributed by atoms with Crippen LogP contribution >= 0.6 is 33.9 Å². The predicted octanol–water partition coefficient (Wildman–Crippen LogP) is 7.33. The third kappa shape index (κ3) is 2.87. The van der Waals surface area contributed by atoms with Crippen molar-refractivity contribution in [2.75, 3.05) is 0 Å². The minimum absolute atomic E-state index is 0.0866. The van der Waals surface area contributed by atoms with E-state index in [4.69, 9.17) is 4.98 Å². The minimum atomic E-state index is 0.0866. The van der Waals surface area contributed by atoms with Crippen LogP contribution in [-0.4, -0.2) is 4.98 Å². The third-order valence-electron chi connectivity index (χ3n) is 4.74. The molecule has 0 bridgehead atoms. The van der Waals surface area contributed by atoms with Gasteiger partial charge in [-0.3, -0.25) is 4.98 Å². The van der Waals surface area contributed by atoms with E-state index in [0.717, 1.165) is 5.69 Å². The lowest BCUT2D eigenvalue weighted by Gasteiger charge is -2.22. The topological polar surface area (TPSA) is 12.9 Å².